The minimum atomic E-state index is 0.135. The van der Waals surface area contributed by atoms with E-state index in [1.54, 1.807) is 18.3 Å². The molecule has 0 aliphatic rings. The normalized spacial score (nSPS) is 11.0. The van der Waals surface area contributed by atoms with E-state index in [-0.39, 0.29) is 5.75 Å². The van der Waals surface area contributed by atoms with Gasteiger partial charge in [-0.2, -0.15) is 0 Å². The quantitative estimate of drug-likeness (QED) is 0.577. The monoisotopic (exact) mass is 275 g/mol. The Morgan fingerprint density at radius 3 is 2.24 bits per heavy atom. The molecule has 0 fully saturated rings. The summed E-state index contributed by atoms with van der Waals surface area (Å²) in [6.07, 6.45) is 2.37. The van der Waals surface area contributed by atoms with Gasteiger partial charge in [0, 0.05) is 22.7 Å². The number of phenols is 1. The maximum Gasteiger partial charge on any atom is 0.150 e. The first-order chi connectivity index (χ1) is 10.3. The van der Waals surface area contributed by atoms with Crippen LogP contribution in [0, 0.1) is 0 Å². The number of para-hydroxylation sites is 1. The molecule has 0 spiro atoms. The number of phenolic OH excluding ortho intramolecular Hbond substituents is 1. The highest BCUT2D eigenvalue weighted by Gasteiger charge is 2.09. The van der Waals surface area contributed by atoms with E-state index in [0.717, 1.165) is 17.4 Å². The number of benzene rings is 3. The molecular formula is C18H13NO2. The van der Waals surface area contributed by atoms with Gasteiger partial charge in [0.2, 0.25) is 0 Å². The maximum absolute atomic E-state index is 11.2. The van der Waals surface area contributed by atoms with E-state index in [1.165, 1.54) is 0 Å². The molecule has 0 aliphatic carbocycles. The molecule has 0 saturated carbocycles. The van der Waals surface area contributed by atoms with Crippen LogP contribution in [0.2, 0.25) is 0 Å². The van der Waals surface area contributed by atoms with Gasteiger partial charge in [-0.05, 0) is 23.6 Å². The first kappa shape index (κ1) is 13.1. The van der Waals surface area contributed by atoms with Crippen LogP contribution in [0.1, 0.15) is 15.9 Å². The topological polar surface area (TPSA) is 49.7 Å². The number of aldehydes is 1. The summed E-state index contributed by atoms with van der Waals surface area (Å²) in [5.74, 6) is 0.135. The highest BCUT2D eigenvalue weighted by molar-refractivity contribution is 6.05. The van der Waals surface area contributed by atoms with Crippen molar-refractivity contribution >= 4 is 29.0 Å². The molecule has 0 atom stereocenters. The highest BCUT2D eigenvalue weighted by Crippen LogP contribution is 2.30. The fraction of sp³-hybridized carbons (Fsp3) is 0. The molecule has 3 rings (SSSR count). The van der Waals surface area contributed by atoms with Crippen LogP contribution in [0.4, 0.5) is 5.69 Å². The van der Waals surface area contributed by atoms with Gasteiger partial charge in [0.05, 0.1) is 5.69 Å². The van der Waals surface area contributed by atoms with Crippen molar-refractivity contribution in [2.24, 2.45) is 4.99 Å². The average molecular weight is 275 g/mol. The number of carbonyl (C=O) groups excluding carboxylic acids is 1. The number of aromatic hydroxyl groups is 1. The van der Waals surface area contributed by atoms with Crippen molar-refractivity contribution in [3.8, 4) is 5.75 Å². The molecule has 3 aromatic carbocycles. The summed E-state index contributed by atoms with van der Waals surface area (Å²) in [6, 6.07) is 18.4. The molecule has 102 valence electrons. The Labute approximate surface area is 122 Å². The van der Waals surface area contributed by atoms with Crippen LogP contribution in [-0.4, -0.2) is 17.6 Å². The lowest BCUT2D eigenvalue weighted by Gasteiger charge is -2.07. The third-order valence-electron chi connectivity index (χ3n) is 3.31. The van der Waals surface area contributed by atoms with Crippen molar-refractivity contribution in [1.82, 2.24) is 0 Å². The summed E-state index contributed by atoms with van der Waals surface area (Å²) in [4.78, 5) is 15.6. The molecule has 0 saturated heterocycles. The maximum atomic E-state index is 11.2. The lowest BCUT2D eigenvalue weighted by molar-refractivity contribution is 0.112. The fourth-order valence-electron chi connectivity index (χ4n) is 2.26. The second-order valence-electron chi connectivity index (χ2n) is 4.66. The second-order valence-corrected chi connectivity index (χ2v) is 4.66. The van der Waals surface area contributed by atoms with Crippen molar-refractivity contribution in [3.63, 3.8) is 0 Å². The number of fused-ring (bicyclic) bond motifs is 1. The predicted octanol–water partition coefficient (Wildman–Crippen LogP) is 4.11. The minimum Gasteiger partial charge on any atom is -0.507 e. The average Bonchev–Trinajstić information content (AvgIpc) is 2.55. The molecule has 3 heteroatoms. The SMILES string of the molecule is O=Cc1cc(C=Nc2ccccc2)c(O)c2ccccc12. The molecule has 3 nitrogen and oxygen atoms in total. The number of aliphatic imine (C=N–C) groups is 1. The Bertz CT molecular complexity index is 823. The van der Waals surface area contributed by atoms with Crippen LogP contribution in [0.5, 0.6) is 5.75 Å². The van der Waals surface area contributed by atoms with E-state index >= 15 is 0 Å². The summed E-state index contributed by atoms with van der Waals surface area (Å²) < 4.78 is 0. The number of nitrogens with zero attached hydrogens (tertiary/aromatic N) is 1. The van der Waals surface area contributed by atoms with Gasteiger partial charge in [-0.1, -0.05) is 42.5 Å². The van der Waals surface area contributed by atoms with E-state index in [9.17, 15) is 9.90 Å². The third kappa shape index (κ3) is 2.54. The third-order valence-corrected chi connectivity index (χ3v) is 3.31. The number of carbonyl (C=O) groups is 1. The lowest BCUT2D eigenvalue weighted by atomic mass is 10.0. The Balaban J connectivity index is 2.13. The lowest BCUT2D eigenvalue weighted by Crippen LogP contribution is -1.90. The fourth-order valence-corrected chi connectivity index (χ4v) is 2.26. The standard InChI is InChI=1S/C18H13NO2/c20-12-14-10-13(11-19-15-6-2-1-3-7-15)18(21)17-9-5-4-8-16(14)17/h1-12,21H. The molecule has 0 bridgehead atoms. The van der Waals surface area contributed by atoms with Gasteiger partial charge >= 0.3 is 0 Å². The zero-order valence-corrected chi connectivity index (χ0v) is 11.2. The van der Waals surface area contributed by atoms with Gasteiger partial charge in [0.25, 0.3) is 0 Å². The van der Waals surface area contributed by atoms with Gasteiger partial charge in [-0.25, -0.2) is 0 Å². The van der Waals surface area contributed by atoms with Crippen LogP contribution in [0.3, 0.4) is 0 Å². The van der Waals surface area contributed by atoms with Crippen LogP contribution in [0.15, 0.2) is 65.7 Å². The second kappa shape index (κ2) is 5.59. The van der Waals surface area contributed by atoms with E-state index in [4.69, 9.17) is 0 Å². The van der Waals surface area contributed by atoms with E-state index in [2.05, 4.69) is 4.99 Å². The Kier molecular flexibility index (Phi) is 3.48. The van der Waals surface area contributed by atoms with Gasteiger partial charge in [0.1, 0.15) is 5.75 Å². The highest BCUT2D eigenvalue weighted by atomic mass is 16.3. The van der Waals surface area contributed by atoms with Crippen molar-refractivity contribution < 1.29 is 9.90 Å². The van der Waals surface area contributed by atoms with Gasteiger partial charge < -0.3 is 5.11 Å². The van der Waals surface area contributed by atoms with E-state index < -0.39 is 0 Å². The summed E-state index contributed by atoms with van der Waals surface area (Å²) >= 11 is 0. The zero-order chi connectivity index (χ0) is 14.7. The largest absolute Gasteiger partial charge is 0.507 e. The summed E-state index contributed by atoms with van der Waals surface area (Å²) in [5, 5.41) is 11.7. The van der Waals surface area contributed by atoms with Crippen LogP contribution < -0.4 is 0 Å². The van der Waals surface area contributed by atoms with Crippen molar-refractivity contribution in [3.05, 3.63) is 71.8 Å². The summed E-state index contributed by atoms with van der Waals surface area (Å²) in [7, 11) is 0. The van der Waals surface area contributed by atoms with Gasteiger partial charge in [-0.15, -0.1) is 0 Å². The number of hydrogen-bond donors (Lipinski definition) is 1. The van der Waals surface area contributed by atoms with Crippen LogP contribution in [0.25, 0.3) is 10.8 Å². The van der Waals surface area contributed by atoms with Gasteiger partial charge in [-0.3, -0.25) is 9.79 Å². The Morgan fingerprint density at radius 2 is 1.52 bits per heavy atom. The zero-order valence-electron chi connectivity index (χ0n) is 11.2. The Hall–Kier alpha value is -2.94. The van der Waals surface area contributed by atoms with Crippen molar-refractivity contribution in [1.29, 1.82) is 0 Å². The molecular weight excluding hydrogens is 262 g/mol. The first-order valence-electron chi connectivity index (χ1n) is 6.58. The van der Waals surface area contributed by atoms with E-state index in [0.29, 0.717) is 16.5 Å². The van der Waals surface area contributed by atoms with Crippen molar-refractivity contribution in [2.75, 3.05) is 0 Å². The molecule has 1 N–H and O–H groups in total. The Morgan fingerprint density at radius 1 is 0.857 bits per heavy atom. The van der Waals surface area contributed by atoms with Crippen LogP contribution in [-0.2, 0) is 0 Å². The van der Waals surface area contributed by atoms with Gasteiger partial charge in [0.15, 0.2) is 6.29 Å². The number of hydrogen-bond acceptors (Lipinski definition) is 3. The summed E-state index contributed by atoms with van der Waals surface area (Å²) in [5.41, 5.74) is 1.86. The van der Waals surface area contributed by atoms with E-state index in [1.807, 2.05) is 48.5 Å². The first-order valence-corrected chi connectivity index (χ1v) is 6.58. The molecule has 0 aromatic heterocycles. The van der Waals surface area contributed by atoms with Crippen LogP contribution >= 0.6 is 0 Å². The molecule has 0 radical (unpaired) electrons. The number of rotatable bonds is 3. The minimum absolute atomic E-state index is 0.135. The predicted molar refractivity (Wildman–Crippen MR) is 84.7 cm³/mol. The van der Waals surface area contributed by atoms with Crippen molar-refractivity contribution in [2.45, 2.75) is 0 Å². The molecule has 3 aromatic rings. The summed E-state index contributed by atoms with van der Waals surface area (Å²) in [6.45, 7) is 0. The molecule has 0 heterocycles. The molecule has 0 aliphatic heterocycles. The molecule has 0 amide bonds. The smallest absolute Gasteiger partial charge is 0.150 e. The molecule has 21 heavy (non-hydrogen) atoms. The molecule has 0 unspecified atom stereocenters.